The molecule has 0 aliphatic heterocycles. The molecule has 106 valence electrons. The number of nitrogens with zero attached hydrogens (tertiary/aromatic N) is 1. The molecule has 1 rings (SSSR count). The van der Waals surface area contributed by atoms with E-state index in [1.165, 1.54) is 4.90 Å². The molecule has 19 heavy (non-hydrogen) atoms. The monoisotopic (exact) mass is 333 g/mol. The quantitative estimate of drug-likeness (QED) is 0.700. The summed E-state index contributed by atoms with van der Waals surface area (Å²) in [6, 6.07) is 7.80. The molecule has 0 heterocycles. The Morgan fingerprint density at radius 3 is 2.63 bits per heavy atom. The lowest BCUT2D eigenvalue weighted by atomic mass is 10.0. The van der Waals surface area contributed by atoms with Crippen LogP contribution in [-0.4, -0.2) is 35.7 Å². The van der Waals surface area contributed by atoms with E-state index in [0.717, 1.165) is 11.1 Å². The van der Waals surface area contributed by atoms with Crippen LogP contribution in [0.5, 0.6) is 0 Å². The van der Waals surface area contributed by atoms with Gasteiger partial charge in [0.05, 0.1) is 6.54 Å². The number of aryl methyl sites for hydroxylation is 2. The molecular weight excluding hydrogens is 316 g/mol. The zero-order valence-electron chi connectivity index (χ0n) is 10.9. The van der Waals surface area contributed by atoms with Crippen LogP contribution in [0.1, 0.15) is 17.5 Å². The third kappa shape index (κ3) is 5.68. The van der Waals surface area contributed by atoms with Crippen molar-refractivity contribution in [1.29, 1.82) is 0 Å². The summed E-state index contributed by atoms with van der Waals surface area (Å²) in [5.41, 5.74) is 2.21. The molecule has 0 spiro atoms. The molecule has 0 aliphatic carbocycles. The van der Waals surface area contributed by atoms with Crippen molar-refractivity contribution >= 4 is 21.8 Å². The Kier molecular flexibility index (Phi) is 6.99. The molecule has 1 aromatic rings. The van der Waals surface area contributed by atoms with Gasteiger partial charge >= 0.3 is 0 Å². The van der Waals surface area contributed by atoms with Crippen LogP contribution in [0.15, 0.2) is 24.3 Å². The van der Waals surface area contributed by atoms with Crippen LogP contribution in [0.3, 0.4) is 0 Å². The van der Waals surface area contributed by atoms with Gasteiger partial charge in [0.2, 0.25) is 5.91 Å². The lowest BCUT2D eigenvalue weighted by Gasteiger charge is -2.21. The first-order valence-corrected chi connectivity index (χ1v) is 7.33. The summed E-state index contributed by atoms with van der Waals surface area (Å²) >= 11 is 3.18. The fraction of sp³-hybridized carbons (Fsp3) is 0.500. The normalized spacial score (nSPS) is 10.8. The van der Waals surface area contributed by atoms with Gasteiger partial charge in [-0.25, -0.2) is 8.78 Å². The van der Waals surface area contributed by atoms with E-state index >= 15 is 0 Å². The summed E-state index contributed by atoms with van der Waals surface area (Å²) in [5.74, 6) is -0.219. The van der Waals surface area contributed by atoms with Gasteiger partial charge in [0.15, 0.2) is 0 Å². The Labute approximate surface area is 120 Å². The average Bonchev–Trinajstić information content (AvgIpc) is 2.36. The first-order valence-electron chi connectivity index (χ1n) is 6.21. The van der Waals surface area contributed by atoms with Crippen molar-refractivity contribution in [2.45, 2.75) is 26.2 Å². The zero-order valence-corrected chi connectivity index (χ0v) is 12.5. The van der Waals surface area contributed by atoms with Crippen molar-refractivity contribution in [3.8, 4) is 0 Å². The topological polar surface area (TPSA) is 20.3 Å². The van der Waals surface area contributed by atoms with Gasteiger partial charge in [-0.3, -0.25) is 4.79 Å². The van der Waals surface area contributed by atoms with E-state index < -0.39 is 13.0 Å². The van der Waals surface area contributed by atoms with Crippen LogP contribution in [0.25, 0.3) is 0 Å². The van der Waals surface area contributed by atoms with Gasteiger partial charge in [-0.1, -0.05) is 40.2 Å². The Hall–Kier alpha value is -0.970. The summed E-state index contributed by atoms with van der Waals surface area (Å²) in [6.45, 7) is 1.81. The molecule has 1 aromatic carbocycles. The fourth-order valence-corrected chi connectivity index (χ4v) is 2.30. The van der Waals surface area contributed by atoms with Crippen molar-refractivity contribution in [2.24, 2.45) is 0 Å². The molecule has 0 atom stereocenters. The number of carbonyl (C=O) groups excluding carboxylic acids is 1. The minimum atomic E-state index is -2.48. The van der Waals surface area contributed by atoms with Crippen LogP contribution in [0, 0.1) is 6.92 Å². The molecule has 0 saturated heterocycles. The molecule has 0 radical (unpaired) electrons. The Morgan fingerprint density at radius 1 is 1.37 bits per heavy atom. The summed E-state index contributed by atoms with van der Waals surface area (Å²) in [5, 5.41) is 0.510. The van der Waals surface area contributed by atoms with E-state index in [-0.39, 0.29) is 12.3 Å². The summed E-state index contributed by atoms with van der Waals surface area (Å²) in [7, 11) is 0. The molecule has 1 amide bonds. The van der Waals surface area contributed by atoms with Gasteiger partial charge in [0, 0.05) is 18.3 Å². The van der Waals surface area contributed by atoms with Crippen LogP contribution in [-0.2, 0) is 11.2 Å². The van der Waals surface area contributed by atoms with Crippen molar-refractivity contribution in [1.82, 2.24) is 4.90 Å². The standard InChI is InChI=1S/C14H18BrF2NO/c1-11-4-2-3-5-12(11)6-7-14(19)18(9-8-15)10-13(16)17/h2-5,13H,6-10H2,1H3. The molecule has 0 N–H and O–H groups in total. The van der Waals surface area contributed by atoms with E-state index in [1.54, 1.807) is 0 Å². The number of halogens is 3. The second-order valence-corrected chi connectivity index (χ2v) is 5.14. The van der Waals surface area contributed by atoms with Gasteiger partial charge in [0.1, 0.15) is 0 Å². The number of amides is 1. The minimum absolute atomic E-state index is 0.219. The second-order valence-electron chi connectivity index (χ2n) is 4.35. The van der Waals surface area contributed by atoms with Crippen LogP contribution >= 0.6 is 15.9 Å². The lowest BCUT2D eigenvalue weighted by Crippen LogP contribution is -2.36. The van der Waals surface area contributed by atoms with E-state index in [1.807, 2.05) is 31.2 Å². The summed E-state index contributed by atoms with van der Waals surface area (Å²) < 4.78 is 24.8. The average molecular weight is 334 g/mol. The molecule has 0 aliphatic rings. The third-order valence-electron chi connectivity index (χ3n) is 2.93. The highest BCUT2D eigenvalue weighted by Gasteiger charge is 2.17. The Balaban J connectivity index is 2.55. The Bertz CT molecular complexity index is 412. The van der Waals surface area contributed by atoms with Crippen LogP contribution < -0.4 is 0 Å². The molecular formula is C14H18BrF2NO. The maximum Gasteiger partial charge on any atom is 0.255 e. The number of alkyl halides is 3. The van der Waals surface area contributed by atoms with Gasteiger partial charge in [-0.05, 0) is 24.5 Å². The first-order chi connectivity index (χ1) is 9.04. The number of hydrogen-bond acceptors (Lipinski definition) is 1. The highest BCUT2D eigenvalue weighted by atomic mass is 79.9. The minimum Gasteiger partial charge on any atom is -0.336 e. The van der Waals surface area contributed by atoms with E-state index in [2.05, 4.69) is 15.9 Å². The molecule has 0 bridgehead atoms. The maximum atomic E-state index is 12.4. The van der Waals surface area contributed by atoms with Crippen molar-refractivity contribution in [3.63, 3.8) is 0 Å². The third-order valence-corrected chi connectivity index (χ3v) is 3.29. The zero-order chi connectivity index (χ0) is 14.3. The van der Waals surface area contributed by atoms with Crippen molar-refractivity contribution in [3.05, 3.63) is 35.4 Å². The van der Waals surface area contributed by atoms with Gasteiger partial charge in [0.25, 0.3) is 6.43 Å². The molecule has 0 saturated carbocycles. The lowest BCUT2D eigenvalue weighted by molar-refractivity contribution is -0.132. The smallest absolute Gasteiger partial charge is 0.255 e. The molecule has 0 aromatic heterocycles. The van der Waals surface area contributed by atoms with Crippen LogP contribution in [0.2, 0.25) is 0 Å². The fourth-order valence-electron chi connectivity index (χ4n) is 1.88. The second kappa shape index (κ2) is 8.25. The predicted molar refractivity (Wildman–Crippen MR) is 75.9 cm³/mol. The van der Waals surface area contributed by atoms with Crippen molar-refractivity contribution < 1.29 is 13.6 Å². The number of carbonyl (C=O) groups is 1. The van der Waals surface area contributed by atoms with E-state index in [9.17, 15) is 13.6 Å². The SMILES string of the molecule is Cc1ccccc1CCC(=O)N(CCBr)CC(F)F. The summed E-state index contributed by atoms with van der Waals surface area (Å²) in [6.07, 6.45) is -1.63. The highest BCUT2D eigenvalue weighted by Crippen LogP contribution is 2.11. The van der Waals surface area contributed by atoms with E-state index in [4.69, 9.17) is 0 Å². The van der Waals surface area contributed by atoms with Gasteiger partial charge in [-0.15, -0.1) is 0 Å². The molecule has 2 nitrogen and oxygen atoms in total. The van der Waals surface area contributed by atoms with Crippen LogP contribution in [0.4, 0.5) is 8.78 Å². The predicted octanol–water partition coefficient (Wildman–Crippen LogP) is 3.42. The number of benzene rings is 1. The molecule has 0 fully saturated rings. The first kappa shape index (κ1) is 16.1. The summed E-state index contributed by atoms with van der Waals surface area (Å²) in [4.78, 5) is 13.1. The maximum absolute atomic E-state index is 12.4. The number of hydrogen-bond donors (Lipinski definition) is 0. The Morgan fingerprint density at radius 2 is 2.05 bits per heavy atom. The van der Waals surface area contributed by atoms with Gasteiger partial charge in [-0.2, -0.15) is 0 Å². The molecule has 0 unspecified atom stereocenters. The van der Waals surface area contributed by atoms with Crippen molar-refractivity contribution in [2.75, 3.05) is 18.4 Å². The molecule has 5 heteroatoms. The largest absolute Gasteiger partial charge is 0.336 e. The van der Waals surface area contributed by atoms with Gasteiger partial charge < -0.3 is 4.90 Å². The number of rotatable bonds is 7. The van der Waals surface area contributed by atoms with E-state index in [0.29, 0.717) is 18.3 Å². The highest BCUT2D eigenvalue weighted by molar-refractivity contribution is 9.09.